The van der Waals surface area contributed by atoms with Crippen molar-refractivity contribution in [2.75, 3.05) is 11.9 Å². The van der Waals surface area contributed by atoms with Crippen LogP contribution in [0, 0.1) is 6.92 Å². The predicted octanol–water partition coefficient (Wildman–Crippen LogP) is 3.27. The highest BCUT2D eigenvalue weighted by Crippen LogP contribution is 2.20. The summed E-state index contributed by atoms with van der Waals surface area (Å²) >= 11 is 3.42. The van der Waals surface area contributed by atoms with Crippen molar-refractivity contribution in [1.82, 2.24) is 0 Å². The molecule has 1 heterocycles. The van der Waals surface area contributed by atoms with Gasteiger partial charge in [-0.2, -0.15) is 0 Å². The van der Waals surface area contributed by atoms with Crippen molar-refractivity contribution in [2.24, 2.45) is 0 Å². The van der Waals surface area contributed by atoms with Crippen LogP contribution in [0.3, 0.4) is 0 Å². The van der Waals surface area contributed by atoms with Gasteiger partial charge >= 0.3 is 0 Å². The summed E-state index contributed by atoms with van der Waals surface area (Å²) in [5, 5.41) is 2.90. The van der Waals surface area contributed by atoms with Crippen LogP contribution in [0.2, 0.25) is 0 Å². The first kappa shape index (κ1) is 12.6. The first-order chi connectivity index (χ1) is 8.15. The molecule has 1 aliphatic heterocycles. The third kappa shape index (κ3) is 3.54. The number of halogens is 1. The Morgan fingerprint density at radius 1 is 1.41 bits per heavy atom. The van der Waals surface area contributed by atoms with E-state index in [1.807, 2.05) is 25.1 Å². The summed E-state index contributed by atoms with van der Waals surface area (Å²) < 4.78 is 6.42. The summed E-state index contributed by atoms with van der Waals surface area (Å²) in [6.45, 7) is 2.69. The third-order valence-electron chi connectivity index (χ3n) is 2.78. The molecule has 0 spiro atoms. The molecule has 1 fully saturated rings. The van der Waals surface area contributed by atoms with E-state index < -0.39 is 0 Å². The number of benzene rings is 1. The maximum atomic E-state index is 11.9. The molecule has 17 heavy (non-hydrogen) atoms. The van der Waals surface area contributed by atoms with Crippen LogP contribution in [-0.2, 0) is 9.53 Å². The van der Waals surface area contributed by atoms with Gasteiger partial charge in [0, 0.05) is 16.8 Å². The van der Waals surface area contributed by atoms with Gasteiger partial charge in [-0.3, -0.25) is 4.79 Å². The van der Waals surface area contributed by atoms with E-state index in [1.54, 1.807) is 0 Å². The maximum absolute atomic E-state index is 11.9. The van der Waals surface area contributed by atoms with Gasteiger partial charge in [0.25, 0.3) is 5.91 Å². The van der Waals surface area contributed by atoms with E-state index in [9.17, 15) is 4.79 Å². The molecular weight excluding hydrogens is 282 g/mol. The molecule has 0 bridgehead atoms. The smallest absolute Gasteiger partial charge is 0.253 e. The number of nitrogens with one attached hydrogen (secondary N) is 1. The first-order valence-corrected chi connectivity index (χ1v) is 6.64. The lowest BCUT2D eigenvalue weighted by Crippen LogP contribution is -2.33. The van der Waals surface area contributed by atoms with Gasteiger partial charge in [0.15, 0.2) is 0 Å². The molecule has 1 amide bonds. The fourth-order valence-electron chi connectivity index (χ4n) is 1.98. The molecule has 1 aliphatic rings. The minimum atomic E-state index is -0.289. The van der Waals surface area contributed by atoms with Crippen molar-refractivity contribution in [2.45, 2.75) is 32.3 Å². The molecule has 0 saturated carbocycles. The lowest BCUT2D eigenvalue weighted by atomic mass is 10.1. The van der Waals surface area contributed by atoms with E-state index in [-0.39, 0.29) is 12.0 Å². The van der Waals surface area contributed by atoms with Crippen molar-refractivity contribution in [3.05, 3.63) is 28.2 Å². The number of ether oxygens (including phenoxy) is 1. The first-order valence-electron chi connectivity index (χ1n) is 5.85. The van der Waals surface area contributed by atoms with Crippen LogP contribution in [0.25, 0.3) is 0 Å². The minimum Gasteiger partial charge on any atom is -0.368 e. The van der Waals surface area contributed by atoms with Crippen molar-refractivity contribution >= 4 is 27.5 Å². The molecule has 1 aromatic carbocycles. The second kappa shape index (κ2) is 5.65. The Balaban J connectivity index is 2.01. The number of hydrogen-bond acceptors (Lipinski definition) is 2. The maximum Gasteiger partial charge on any atom is 0.253 e. The Labute approximate surface area is 110 Å². The molecule has 1 atom stereocenters. The average Bonchev–Trinajstić information content (AvgIpc) is 2.28. The van der Waals surface area contributed by atoms with Crippen molar-refractivity contribution in [3.8, 4) is 0 Å². The van der Waals surface area contributed by atoms with Crippen LogP contribution in [0.15, 0.2) is 22.7 Å². The summed E-state index contributed by atoms with van der Waals surface area (Å²) in [6.07, 6.45) is 2.65. The van der Waals surface area contributed by atoms with Crippen molar-refractivity contribution < 1.29 is 9.53 Å². The molecule has 0 aliphatic carbocycles. The Morgan fingerprint density at radius 2 is 2.24 bits per heavy atom. The Morgan fingerprint density at radius 3 is 2.88 bits per heavy atom. The van der Waals surface area contributed by atoms with Crippen LogP contribution >= 0.6 is 15.9 Å². The zero-order valence-corrected chi connectivity index (χ0v) is 11.4. The number of carbonyl (C=O) groups excluding carboxylic acids is 1. The number of anilines is 1. The summed E-state index contributed by atoms with van der Waals surface area (Å²) in [5.74, 6) is -0.0396. The van der Waals surface area contributed by atoms with Gasteiger partial charge in [-0.25, -0.2) is 0 Å². The Bertz CT molecular complexity index is 394. The summed E-state index contributed by atoms with van der Waals surface area (Å²) in [5.41, 5.74) is 1.93. The lowest BCUT2D eigenvalue weighted by Gasteiger charge is -2.21. The van der Waals surface area contributed by atoms with Gasteiger partial charge in [0.05, 0.1) is 0 Å². The lowest BCUT2D eigenvalue weighted by molar-refractivity contribution is -0.129. The Hall–Kier alpha value is -0.870. The second-order valence-corrected chi connectivity index (χ2v) is 5.28. The van der Waals surface area contributed by atoms with Crippen molar-refractivity contribution in [1.29, 1.82) is 0 Å². The molecule has 1 N–H and O–H groups in total. The van der Waals surface area contributed by atoms with Crippen molar-refractivity contribution in [3.63, 3.8) is 0 Å². The zero-order valence-electron chi connectivity index (χ0n) is 9.83. The van der Waals surface area contributed by atoms with E-state index in [4.69, 9.17) is 4.74 Å². The van der Waals surface area contributed by atoms with Gasteiger partial charge < -0.3 is 10.1 Å². The largest absolute Gasteiger partial charge is 0.368 e. The van der Waals surface area contributed by atoms with E-state index in [0.717, 1.165) is 35.0 Å². The third-order valence-corrected chi connectivity index (χ3v) is 3.24. The van der Waals surface area contributed by atoms with Gasteiger partial charge in [0.1, 0.15) is 6.10 Å². The topological polar surface area (TPSA) is 38.3 Å². The number of carbonyl (C=O) groups is 1. The van der Waals surface area contributed by atoms with Crippen LogP contribution in [-0.4, -0.2) is 18.6 Å². The van der Waals surface area contributed by atoms with Crippen LogP contribution < -0.4 is 5.32 Å². The van der Waals surface area contributed by atoms with Crippen LogP contribution in [0.4, 0.5) is 5.69 Å². The summed E-state index contributed by atoms with van der Waals surface area (Å²) in [4.78, 5) is 11.9. The van der Waals surface area contributed by atoms with Gasteiger partial charge in [-0.1, -0.05) is 15.9 Å². The second-order valence-electron chi connectivity index (χ2n) is 4.36. The van der Waals surface area contributed by atoms with Gasteiger partial charge in [-0.15, -0.1) is 0 Å². The SMILES string of the molecule is Cc1cc(Br)cc(NC(=O)C2CCCCO2)c1. The fourth-order valence-corrected chi connectivity index (χ4v) is 2.59. The number of hydrogen-bond donors (Lipinski definition) is 1. The molecule has 1 saturated heterocycles. The molecule has 1 unspecified atom stereocenters. The van der Waals surface area contributed by atoms with Gasteiger partial charge in [0.2, 0.25) is 0 Å². The predicted molar refractivity (Wildman–Crippen MR) is 71.1 cm³/mol. The highest BCUT2D eigenvalue weighted by Gasteiger charge is 2.21. The normalized spacial score (nSPS) is 20.0. The molecule has 0 radical (unpaired) electrons. The highest BCUT2D eigenvalue weighted by molar-refractivity contribution is 9.10. The van der Waals surface area contributed by atoms with Crippen LogP contribution in [0.5, 0.6) is 0 Å². The number of amides is 1. The molecule has 1 aromatic rings. The average molecular weight is 298 g/mol. The van der Waals surface area contributed by atoms with E-state index in [1.165, 1.54) is 0 Å². The molecular formula is C13H16BrNO2. The minimum absolute atomic E-state index is 0.0396. The number of aryl methyl sites for hydroxylation is 1. The summed E-state index contributed by atoms with van der Waals surface area (Å²) in [7, 11) is 0. The van der Waals surface area contributed by atoms with Crippen LogP contribution in [0.1, 0.15) is 24.8 Å². The van der Waals surface area contributed by atoms with E-state index in [0.29, 0.717) is 6.61 Å². The monoisotopic (exact) mass is 297 g/mol. The molecule has 4 heteroatoms. The fraction of sp³-hybridized carbons (Fsp3) is 0.462. The van der Waals surface area contributed by atoms with E-state index >= 15 is 0 Å². The van der Waals surface area contributed by atoms with E-state index in [2.05, 4.69) is 21.2 Å². The molecule has 0 aromatic heterocycles. The number of rotatable bonds is 2. The standard InChI is InChI=1S/C13H16BrNO2/c1-9-6-10(14)8-11(7-9)15-13(16)12-4-2-3-5-17-12/h6-8,12H,2-5H2,1H3,(H,15,16). The quantitative estimate of drug-likeness (QED) is 0.910. The highest BCUT2D eigenvalue weighted by atomic mass is 79.9. The molecule has 92 valence electrons. The zero-order chi connectivity index (χ0) is 12.3. The summed E-state index contributed by atoms with van der Waals surface area (Å²) in [6, 6.07) is 5.85. The molecule has 3 nitrogen and oxygen atoms in total. The van der Waals surface area contributed by atoms with Gasteiger partial charge in [-0.05, 0) is 49.9 Å². The Kier molecular flexibility index (Phi) is 4.18. The molecule has 2 rings (SSSR count).